The van der Waals surface area contributed by atoms with E-state index in [1.165, 1.54) is 0 Å². The van der Waals surface area contributed by atoms with Crippen LogP contribution >= 0.6 is 0 Å². The standard InChI is InChI=1S/C23H28N4O4/c1-15(21(29)25-16-9-6-5-7-10-16)30-19-12-8-11-18-17(19)13-27(22(24)26-18)14-20(28)31-23(2,3)4/h5-12,15H,13-14H2,1-4H3,(H2,24,26)(H,25,29). The highest BCUT2D eigenvalue weighted by atomic mass is 16.6. The molecule has 0 aliphatic carbocycles. The van der Waals surface area contributed by atoms with Crippen LogP contribution in [-0.2, 0) is 20.9 Å². The largest absolute Gasteiger partial charge is 0.480 e. The Hall–Kier alpha value is -3.55. The van der Waals surface area contributed by atoms with Gasteiger partial charge in [-0.05, 0) is 52.0 Å². The Morgan fingerprint density at radius 1 is 1.16 bits per heavy atom. The average molecular weight is 425 g/mol. The van der Waals surface area contributed by atoms with E-state index in [9.17, 15) is 9.59 Å². The van der Waals surface area contributed by atoms with Crippen molar-refractivity contribution in [3.05, 3.63) is 54.1 Å². The van der Waals surface area contributed by atoms with Crippen LogP contribution in [0.5, 0.6) is 5.75 Å². The lowest BCUT2D eigenvalue weighted by atomic mass is 10.1. The fraction of sp³-hybridized carbons (Fsp3) is 0.348. The fourth-order valence-electron chi connectivity index (χ4n) is 3.07. The fourth-order valence-corrected chi connectivity index (χ4v) is 3.07. The van der Waals surface area contributed by atoms with E-state index < -0.39 is 17.7 Å². The van der Waals surface area contributed by atoms with Crippen LogP contribution in [0, 0.1) is 0 Å². The van der Waals surface area contributed by atoms with Crippen molar-refractivity contribution in [1.29, 1.82) is 0 Å². The van der Waals surface area contributed by atoms with Gasteiger partial charge in [-0.15, -0.1) is 0 Å². The molecule has 1 aliphatic rings. The van der Waals surface area contributed by atoms with Gasteiger partial charge in [-0.1, -0.05) is 24.3 Å². The Balaban J connectivity index is 1.72. The molecule has 31 heavy (non-hydrogen) atoms. The molecule has 164 valence electrons. The normalized spacial score (nSPS) is 14.2. The summed E-state index contributed by atoms with van der Waals surface area (Å²) in [4.78, 5) is 30.8. The molecular formula is C23H28N4O4. The summed E-state index contributed by atoms with van der Waals surface area (Å²) in [6, 6.07) is 14.6. The van der Waals surface area contributed by atoms with E-state index in [1.54, 1.807) is 36.1 Å². The van der Waals surface area contributed by atoms with Crippen molar-refractivity contribution in [3.63, 3.8) is 0 Å². The van der Waals surface area contributed by atoms with Gasteiger partial charge in [-0.3, -0.25) is 9.59 Å². The topological polar surface area (TPSA) is 106 Å². The van der Waals surface area contributed by atoms with Gasteiger partial charge in [0.1, 0.15) is 17.9 Å². The van der Waals surface area contributed by atoms with E-state index in [0.717, 1.165) is 5.56 Å². The number of carbonyl (C=O) groups excluding carboxylic acids is 2. The third-order valence-corrected chi connectivity index (χ3v) is 4.47. The van der Waals surface area contributed by atoms with Crippen molar-refractivity contribution in [1.82, 2.24) is 4.90 Å². The molecule has 1 heterocycles. The van der Waals surface area contributed by atoms with Gasteiger partial charge in [-0.25, -0.2) is 4.99 Å². The Labute approximate surface area is 182 Å². The molecule has 2 aromatic rings. The zero-order valence-electron chi connectivity index (χ0n) is 18.2. The Kier molecular flexibility index (Phi) is 6.48. The molecule has 1 unspecified atom stereocenters. The maximum Gasteiger partial charge on any atom is 0.326 e. The van der Waals surface area contributed by atoms with E-state index in [1.807, 2.05) is 45.0 Å². The molecule has 0 saturated heterocycles. The van der Waals surface area contributed by atoms with E-state index in [2.05, 4.69) is 10.3 Å². The monoisotopic (exact) mass is 424 g/mol. The summed E-state index contributed by atoms with van der Waals surface area (Å²) in [7, 11) is 0. The zero-order chi connectivity index (χ0) is 22.6. The number of fused-ring (bicyclic) bond motifs is 1. The van der Waals surface area contributed by atoms with E-state index in [-0.39, 0.29) is 18.4 Å². The smallest absolute Gasteiger partial charge is 0.326 e. The number of nitrogens with one attached hydrogen (secondary N) is 1. The number of guanidine groups is 1. The van der Waals surface area contributed by atoms with Gasteiger partial charge in [0.25, 0.3) is 5.91 Å². The molecule has 0 fully saturated rings. The highest BCUT2D eigenvalue weighted by Crippen LogP contribution is 2.33. The zero-order valence-corrected chi connectivity index (χ0v) is 18.2. The Morgan fingerprint density at radius 2 is 1.87 bits per heavy atom. The first-order chi connectivity index (χ1) is 14.6. The maximum absolute atomic E-state index is 12.5. The summed E-state index contributed by atoms with van der Waals surface area (Å²) in [6.07, 6.45) is -0.741. The molecule has 8 nitrogen and oxygen atoms in total. The van der Waals surface area contributed by atoms with Gasteiger partial charge in [0.2, 0.25) is 0 Å². The molecule has 1 aliphatic heterocycles. The number of benzene rings is 2. The lowest BCUT2D eigenvalue weighted by Gasteiger charge is -2.30. The van der Waals surface area contributed by atoms with Crippen LogP contribution in [0.1, 0.15) is 33.3 Å². The molecular weight excluding hydrogens is 396 g/mol. The summed E-state index contributed by atoms with van der Waals surface area (Å²) >= 11 is 0. The molecule has 3 N–H and O–H groups in total. The van der Waals surface area contributed by atoms with Gasteiger partial charge < -0.3 is 25.4 Å². The first-order valence-electron chi connectivity index (χ1n) is 10.1. The van der Waals surface area contributed by atoms with Gasteiger partial charge in [0.05, 0.1) is 12.2 Å². The Morgan fingerprint density at radius 3 is 2.55 bits per heavy atom. The Bertz CT molecular complexity index is 983. The molecule has 0 saturated carbocycles. The van der Waals surface area contributed by atoms with E-state index >= 15 is 0 Å². The number of para-hydroxylation sites is 1. The second-order valence-corrected chi connectivity index (χ2v) is 8.28. The number of hydrogen-bond acceptors (Lipinski definition) is 7. The van der Waals surface area contributed by atoms with Crippen LogP contribution in [0.2, 0.25) is 0 Å². The second kappa shape index (κ2) is 9.07. The molecule has 1 amide bonds. The molecule has 3 rings (SSSR count). The minimum absolute atomic E-state index is 0.0373. The highest BCUT2D eigenvalue weighted by molar-refractivity contribution is 5.94. The van der Waals surface area contributed by atoms with Gasteiger partial charge in [-0.2, -0.15) is 0 Å². The van der Waals surface area contributed by atoms with Crippen molar-refractivity contribution in [2.45, 2.75) is 45.9 Å². The minimum atomic E-state index is -0.741. The van der Waals surface area contributed by atoms with Crippen LogP contribution < -0.4 is 15.8 Å². The number of rotatable bonds is 6. The van der Waals surface area contributed by atoms with Crippen LogP contribution in [0.3, 0.4) is 0 Å². The summed E-state index contributed by atoms with van der Waals surface area (Å²) in [5.41, 5.74) is 7.55. The molecule has 0 bridgehead atoms. The number of nitrogens with two attached hydrogens (primary N) is 1. The van der Waals surface area contributed by atoms with E-state index in [0.29, 0.717) is 23.7 Å². The second-order valence-electron chi connectivity index (χ2n) is 8.28. The summed E-state index contributed by atoms with van der Waals surface area (Å²) in [5.74, 6) is 0.0698. The average Bonchev–Trinajstić information content (AvgIpc) is 2.68. The van der Waals surface area contributed by atoms with Crippen molar-refractivity contribution in [3.8, 4) is 5.75 Å². The summed E-state index contributed by atoms with van der Waals surface area (Å²) in [5, 5.41) is 2.82. The predicted octanol–water partition coefficient (Wildman–Crippen LogP) is 3.20. The first-order valence-corrected chi connectivity index (χ1v) is 10.1. The molecule has 0 spiro atoms. The van der Waals surface area contributed by atoms with Crippen molar-refractivity contribution >= 4 is 29.2 Å². The molecule has 8 heteroatoms. The lowest BCUT2D eigenvalue weighted by Crippen LogP contribution is -2.43. The molecule has 0 aromatic heterocycles. The predicted molar refractivity (Wildman–Crippen MR) is 119 cm³/mol. The third-order valence-electron chi connectivity index (χ3n) is 4.47. The van der Waals surface area contributed by atoms with E-state index in [4.69, 9.17) is 15.2 Å². The first kappa shape index (κ1) is 22.1. The SMILES string of the molecule is CC(Oc1cccc2c1CN(CC(=O)OC(C)(C)C)C(N)=N2)C(=O)Nc1ccccc1. The van der Waals surface area contributed by atoms with Crippen LogP contribution in [0.25, 0.3) is 0 Å². The molecule has 1 atom stereocenters. The molecule has 0 radical (unpaired) electrons. The number of esters is 1. The van der Waals surface area contributed by atoms with Gasteiger partial charge >= 0.3 is 5.97 Å². The number of carbonyl (C=O) groups is 2. The number of anilines is 1. The van der Waals surface area contributed by atoms with Crippen molar-refractivity contribution in [2.75, 3.05) is 11.9 Å². The lowest BCUT2D eigenvalue weighted by molar-refractivity contribution is -0.155. The maximum atomic E-state index is 12.5. The minimum Gasteiger partial charge on any atom is -0.480 e. The number of nitrogens with zero attached hydrogens (tertiary/aromatic N) is 2. The highest BCUT2D eigenvalue weighted by Gasteiger charge is 2.26. The number of hydrogen-bond donors (Lipinski definition) is 2. The van der Waals surface area contributed by atoms with Crippen LogP contribution in [0.4, 0.5) is 11.4 Å². The summed E-state index contributed by atoms with van der Waals surface area (Å²) < 4.78 is 11.3. The number of ether oxygens (including phenoxy) is 2. The number of aliphatic imine (C=N–C) groups is 1. The van der Waals surface area contributed by atoms with Crippen molar-refractivity contribution < 1.29 is 19.1 Å². The quantitative estimate of drug-likeness (QED) is 0.690. The third kappa shape index (κ3) is 5.97. The molecule has 2 aromatic carbocycles. The van der Waals surface area contributed by atoms with Gasteiger partial charge in [0, 0.05) is 11.3 Å². The van der Waals surface area contributed by atoms with Crippen LogP contribution in [0.15, 0.2) is 53.5 Å². The summed E-state index contributed by atoms with van der Waals surface area (Å²) in [6.45, 7) is 7.37. The van der Waals surface area contributed by atoms with Gasteiger partial charge in [0.15, 0.2) is 12.1 Å². The van der Waals surface area contributed by atoms with Crippen LogP contribution in [-0.4, -0.2) is 41.0 Å². The van der Waals surface area contributed by atoms with Crippen molar-refractivity contribution in [2.24, 2.45) is 10.7 Å². The number of amides is 1.